The average Bonchev–Trinajstić information content (AvgIpc) is 3.02. The lowest BCUT2D eigenvalue weighted by Gasteiger charge is -2.32. The van der Waals surface area contributed by atoms with Gasteiger partial charge in [0.25, 0.3) is 5.91 Å². The number of carbonyl (C=O) groups is 2. The second-order valence-corrected chi connectivity index (χ2v) is 7.03. The van der Waals surface area contributed by atoms with Crippen LogP contribution in [-0.4, -0.2) is 34.7 Å². The van der Waals surface area contributed by atoms with E-state index < -0.39 is 12.0 Å². The van der Waals surface area contributed by atoms with Crippen molar-refractivity contribution in [2.45, 2.75) is 18.9 Å². The van der Waals surface area contributed by atoms with Crippen LogP contribution in [0.1, 0.15) is 33.1 Å². The molecule has 2 heterocycles. The Morgan fingerprint density at radius 1 is 1.17 bits per heavy atom. The smallest absolute Gasteiger partial charge is 0.251 e. The van der Waals surface area contributed by atoms with Crippen LogP contribution in [0.25, 0.3) is 0 Å². The van der Waals surface area contributed by atoms with Gasteiger partial charge in [0.2, 0.25) is 5.91 Å². The number of fused-ring (bicyclic) bond motifs is 1. The molecular formula is C22H22N4O3. The van der Waals surface area contributed by atoms with Crippen LogP contribution in [0.2, 0.25) is 0 Å². The fraction of sp³-hybridized carbons (Fsp3) is 0.227. The van der Waals surface area contributed by atoms with Crippen molar-refractivity contribution in [2.75, 3.05) is 12.4 Å². The summed E-state index contributed by atoms with van der Waals surface area (Å²) >= 11 is 0. The van der Waals surface area contributed by atoms with E-state index in [9.17, 15) is 9.59 Å². The first-order chi connectivity index (χ1) is 14.0. The summed E-state index contributed by atoms with van der Waals surface area (Å²) in [5.41, 5.74) is 3.06. The van der Waals surface area contributed by atoms with Crippen molar-refractivity contribution < 1.29 is 14.3 Å². The van der Waals surface area contributed by atoms with E-state index in [0.717, 1.165) is 16.8 Å². The Kier molecular flexibility index (Phi) is 4.80. The van der Waals surface area contributed by atoms with Gasteiger partial charge in [-0.15, -0.1) is 0 Å². The molecule has 3 aromatic rings. The zero-order chi connectivity index (χ0) is 20.5. The molecule has 0 fully saturated rings. The number of benzene rings is 2. The third kappa shape index (κ3) is 3.35. The van der Waals surface area contributed by atoms with E-state index >= 15 is 0 Å². The van der Waals surface area contributed by atoms with Gasteiger partial charge in [0.05, 0.1) is 12.8 Å². The van der Waals surface area contributed by atoms with Crippen molar-refractivity contribution in [3.63, 3.8) is 0 Å². The quantitative estimate of drug-likeness (QED) is 0.717. The van der Waals surface area contributed by atoms with E-state index in [1.165, 1.54) is 0 Å². The van der Waals surface area contributed by atoms with Crippen LogP contribution in [0, 0.1) is 6.92 Å². The average molecular weight is 390 g/mol. The molecule has 2 unspecified atom stereocenters. The number of nitrogens with zero attached hydrogens (tertiary/aromatic N) is 2. The van der Waals surface area contributed by atoms with E-state index in [1.807, 2.05) is 37.3 Å². The molecule has 2 aromatic carbocycles. The van der Waals surface area contributed by atoms with Gasteiger partial charge in [0.1, 0.15) is 17.6 Å². The summed E-state index contributed by atoms with van der Waals surface area (Å²) in [6, 6.07) is 15.6. The minimum Gasteiger partial charge on any atom is -0.497 e. The first-order valence-corrected chi connectivity index (χ1v) is 9.34. The van der Waals surface area contributed by atoms with Crippen LogP contribution in [0.3, 0.4) is 0 Å². The summed E-state index contributed by atoms with van der Waals surface area (Å²) in [6.07, 6.45) is 0. The number of hydrogen-bond acceptors (Lipinski definition) is 4. The van der Waals surface area contributed by atoms with Crippen LogP contribution in [0.5, 0.6) is 5.75 Å². The standard InChI is InChI=1S/C22H22N4O3/c1-13-17-18(15-10-7-11-16(12-15)29-3)19(22(28)24-20(17)26(2)25-13)23-21(27)14-8-5-4-6-9-14/h4-12,18-19H,1-3H3,(H,23,27)(H,24,28). The van der Waals surface area contributed by atoms with Crippen molar-refractivity contribution in [3.8, 4) is 5.75 Å². The second kappa shape index (κ2) is 7.43. The topological polar surface area (TPSA) is 85.2 Å². The molecule has 2 N–H and O–H groups in total. The molecule has 2 atom stereocenters. The minimum absolute atomic E-state index is 0.280. The number of anilines is 1. The molecule has 29 heavy (non-hydrogen) atoms. The highest BCUT2D eigenvalue weighted by Crippen LogP contribution is 2.40. The van der Waals surface area contributed by atoms with E-state index in [4.69, 9.17) is 4.74 Å². The van der Waals surface area contributed by atoms with Gasteiger partial charge >= 0.3 is 0 Å². The van der Waals surface area contributed by atoms with Gasteiger partial charge in [-0.2, -0.15) is 5.10 Å². The minimum atomic E-state index is -0.787. The van der Waals surface area contributed by atoms with E-state index in [1.54, 1.807) is 43.1 Å². The molecule has 0 saturated heterocycles. The van der Waals surface area contributed by atoms with Crippen LogP contribution in [0.15, 0.2) is 54.6 Å². The summed E-state index contributed by atoms with van der Waals surface area (Å²) in [4.78, 5) is 25.8. The van der Waals surface area contributed by atoms with E-state index in [0.29, 0.717) is 17.1 Å². The summed E-state index contributed by atoms with van der Waals surface area (Å²) < 4.78 is 7.03. The molecule has 1 aliphatic heterocycles. The van der Waals surface area contributed by atoms with Crippen molar-refractivity contribution in [2.24, 2.45) is 7.05 Å². The molecule has 0 saturated carbocycles. The Bertz CT molecular complexity index is 1070. The number of aryl methyl sites for hydroxylation is 2. The van der Waals surface area contributed by atoms with Crippen LogP contribution < -0.4 is 15.4 Å². The molecule has 1 aromatic heterocycles. The molecule has 2 amide bonds. The second-order valence-electron chi connectivity index (χ2n) is 7.03. The summed E-state index contributed by atoms with van der Waals surface area (Å²) in [5.74, 6) is 0.353. The fourth-order valence-electron chi connectivity index (χ4n) is 3.86. The Morgan fingerprint density at radius 3 is 2.66 bits per heavy atom. The van der Waals surface area contributed by atoms with Crippen molar-refractivity contribution >= 4 is 17.6 Å². The van der Waals surface area contributed by atoms with Gasteiger partial charge < -0.3 is 15.4 Å². The van der Waals surface area contributed by atoms with Gasteiger partial charge in [-0.05, 0) is 36.8 Å². The third-order valence-corrected chi connectivity index (χ3v) is 5.21. The SMILES string of the molecule is COc1cccc(C2c3c(C)nn(C)c3NC(=O)C2NC(=O)c2ccccc2)c1. The number of hydrogen-bond donors (Lipinski definition) is 2. The molecule has 0 aliphatic carbocycles. The van der Waals surface area contributed by atoms with Gasteiger partial charge in [-0.25, -0.2) is 0 Å². The summed E-state index contributed by atoms with van der Waals surface area (Å²) in [6.45, 7) is 1.90. The maximum atomic E-state index is 13.0. The van der Waals surface area contributed by atoms with Crippen LogP contribution in [-0.2, 0) is 11.8 Å². The maximum Gasteiger partial charge on any atom is 0.251 e. The Balaban J connectivity index is 1.80. The molecule has 0 radical (unpaired) electrons. The highest BCUT2D eigenvalue weighted by molar-refractivity contribution is 6.03. The summed E-state index contributed by atoms with van der Waals surface area (Å²) in [5, 5.41) is 10.3. The van der Waals surface area contributed by atoms with Crippen molar-refractivity contribution in [3.05, 3.63) is 77.0 Å². The molecule has 4 rings (SSSR count). The first kappa shape index (κ1) is 18.7. The Morgan fingerprint density at radius 2 is 1.93 bits per heavy atom. The van der Waals surface area contributed by atoms with Gasteiger partial charge in [0, 0.05) is 24.1 Å². The highest BCUT2D eigenvalue weighted by Gasteiger charge is 2.41. The number of ether oxygens (including phenoxy) is 1. The van der Waals surface area contributed by atoms with E-state index in [-0.39, 0.29) is 11.8 Å². The zero-order valence-corrected chi connectivity index (χ0v) is 16.5. The molecule has 1 aliphatic rings. The molecular weight excluding hydrogens is 368 g/mol. The van der Waals surface area contributed by atoms with Gasteiger partial charge in [-0.3, -0.25) is 14.3 Å². The van der Waals surface area contributed by atoms with E-state index in [2.05, 4.69) is 15.7 Å². The predicted molar refractivity (Wildman–Crippen MR) is 109 cm³/mol. The number of amides is 2. The summed E-state index contributed by atoms with van der Waals surface area (Å²) in [7, 11) is 3.39. The molecule has 148 valence electrons. The van der Waals surface area contributed by atoms with Crippen molar-refractivity contribution in [1.82, 2.24) is 15.1 Å². The lowest BCUT2D eigenvalue weighted by atomic mass is 9.81. The molecule has 7 heteroatoms. The number of rotatable bonds is 4. The molecule has 0 spiro atoms. The Hall–Kier alpha value is -3.61. The Labute approximate surface area is 168 Å². The highest BCUT2D eigenvalue weighted by atomic mass is 16.5. The molecule has 0 bridgehead atoms. The predicted octanol–water partition coefficient (Wildman–Crippen LogP) is 2.62. The third-order valence-electron chi connectivity index (χ3n) is 5.21. The molecule has 7 nitrogen and oxygen atoms in total. The number of aromatic nitrogens is 2. The fourth-order valence-corrected chi connectivity index (χ4v) is 3.86. The van der Waals surface area contributed by atoms with Gasteiger partial charge in [0.15, 0.2) is 0 Å². The lowest BCUT2D eigenvalue weighted by molar-refractivity contribution is -0.118. The normalized spacial score (nSPS) is 18.0. The maximum absolute atomic E-state index is 13.0. The first-order valence-electron chi connectivity index (χ1n) is 9.34. The largest absolute Gasteiger partial charge is 0.497 e. The van der Waals surface area contributed by atoms with Crippen LogP contribution >= 0.6 is 0 Å². The monoisotopic (exact) mass is 390 g/mol. The van der Waals surface area contributed by atoms with Gasteiger partial charge in [-0.1, -0.05) is 30.3 Å². The zero-order valence-electron chi connectivity index (χ0n) is 16.5. The number of methoxy groups -OCH3 is 1. The number of carbonyl (C=O) groups excluding carboxylic acids is 2. The lowest BCUT2D eigenvalue weighted by Crippen LogP contribution is -2.50. The van der Waals surface area contributed by atoms with Crippen LogP contribution in [0.4, 0.5) is 5.82 Å². The van der Waals surface area contributed by atoms with Crippen molar-refractivity contribution in [1.29, 1.82) is 0 Å². The number of nitrogens with one attached hydrogen (secondary N) is 2.